The minimum atomic E-state index is -0.00212. The highest BCUT2D eigenvalue weighted by Gasteiger charge is 2.15. The smallest absolute Gasteiger partial charge is 0.258 e. The molecule has 0 bridgehead atoms. The number of likely N-dealkylation sites (tertiary alicyclic amines) is 1. The Kier molecular flexibility index (Phi) is 3.66. The molecule has 0 amide bonds. The average molecular weight is 323 g/mol. The Morgan fingerprint density at radius 3 is 2.84 bits per heavy atom. The van der Waals surface area contributed by atoms with Crippen LogP contribution in [0.1, 0.15) is 25.0 Å². The number of fused-ring (bicyclic) bond motifs is 1. The summed E-state index contributed by atoms with van der Waals surface area (Å²) in [6, 6.07) is 5.46. The molecular formula is C14H17BrN3O+. The fourth-order valence-electron chi connectivity index (χ4n) is 2.70. The number of pyridine rings is 1. The zero-order valence-electron chi connectivity index (χ0n) is 10.7. The number of nitrogens with zero attached hydrogens (tertiary/aromatic N) is 2. The number of halogens is 1. The van der Waals surface area contributed by atoms with Crippen molar-refractivity contribution in [1.29, 1.82) is 0 Å². The predicted molar refractivity (Wildman–Crippen MR) is 77.4 cm³/mol. The van der Waals surface area contributed by atoms with Crippen molar-refractivity contribution in [2.45, 2.75) is 25.8 Å². The van der Waals surface area contributed by atoms with Gasteiger partial charge in [0.15, 0.2) is 0 Å². The standard InChI is InChI=1S/C14H16BrN3O/c15-11-4-5-13-16-12(8-14(19)18(13)9-11)10-17-6-2-1-3-7-17/h4-5,8-9H,1-3,6-7,10H2/p+1. The Hall–Kier alpha value is -1.20. The highest BCUT2D eigenvalue weighted by molar-refractivity contribution is 9.10. The van der Waals surface area contributed by atoms with E-state index in [1.165, 1.54) is 32.4 Å². The summed E-state index contributed by atoms with van der Waals surface area (Å²) < 4.78 is 2.47. The number of aromatic nitrogens is 2. The summed E-state index contributed by atoms with van der Waals surface area (Å²) in [4.78, 5) is 18.2. The molecule has 0 aromatic carbocycles. The van der Waals surface area contributed by atoms with Gasteiger partial charge in [-0.2, -0.15) is 0 Å². The van der Waals surface area contributed by atoms with E-state index in [9.17, 15) is 4.79 Å². The van der Waals surface area contributed by atoms with Gasteiger partial charge in [0.05, 0.1) is 13.1 Å². The van der Waals surface area contributed by atoms with Crippen molar-refractivity contribution >= 4 is 21.6 Å². The Balaban J connectivity index is 1.92. The molecule has 0 spiro atoms. The molecule has 3 heterocycles. The fourth-order valence-corrected chi connectivity index (χ4v) is 3.04. The minimum absolute atomic E-state index is 0.00212. The first-order valence-electron chi connectivity index (χ1n) is 6.74. The first-order valence-corrected chi connectivity index (χ1v) is 7.53. The number of hydrogen-bond donors (Lipinski definition) is 1. The molecule has 4 nitrogen and oxygen atoms in total. The van der Waals surface area contributed by atoms with Crippen LogP contribution < -0.4 is 10.5 Å². The average Bonchev–Trinajstić information content (AvgIpc) is 2.41. The largest absolute Gasteiger partial charge is 0.330 e. The predicted octanol–water partition coefficient (Wildman–Crippen LogP) is 1.03. The number of rotatable bonds is 2. The van der Waals surface area contributed by atoms with Crippen molar-refractivity contribution in [1.82, 2.24) is 9.38 Å². The van der Waals surface area contributed by atoms with Crippen LogP contribution in [0.25, 0.3) is 5.65 Å². The quantitative estimate of drug-likeness (QED) is 0.896. The highest BCUT2D eigenvalue weighted by Crippen LogP contribution is 2.09. The second-order valence-electron chi connectivity index (χ2n) is 5.15. The summed E-state index contributed by atoms with van der Waals surface area (Å²) in [6.07, 6.45) is 5.68. The van der Waals surface area contributed by atoms with E-state index in [1.54, 1.807) is 21.6 Å². The molecule has 0 saturated carbocycles. The highest BCUT2D eigenvalue weighted by atomic mass is 79.9. The summed E-state index contributed by atoms with van der Waals surface area (Å²) in [5.74, 6) is 0. The Labute approximate surface area is 120 Å². The summed E-state index contributed by atoms with van der Waals surface area (Å²) in [6.45, 7) is 3.25. The van der Waals surface area contributed by atoms with Crippen molar-refractivity contribution in [3.63, 3.8) is 0 Å². The summed E-state index contributed by atoms with van der Waals surface area (Å²) >= 11 is 3.37. The molecule has 1 saturated heterocycles. The molecule has 1 aliphatic heterocycles. The van der Waals surface area contributed by atoms with Crippen LogP contribution in [0, 0.1) is 0 Å². The molecule has 2 aromatic rings. The lowest BCUT2D eigenvalue weighted by Crippen LogP contribution is -3.11. The number of quaternary nitrogens is 1. The molecule has 19 heavy (non-hydrogen) atoms. The number of nitrogens with one attached hydrogen (secondary N) is 1. The molecule has 1 fully saturated rings. The van der Waals surface area contributed by atoms with E-state index in [-0.39, 0.29) is 5.56 Å². The van der Waals surface area contributed by atoms with Crippen molar-refractivity contribution in [3.8, 4) is 0 Å². The third kappa shape index (κ3) is 2.87. The van der Waals surface area contributed by atoms with Crippen molar-refractivity contribution < 1.29 is 4.90 Å². The van der Waals surface area contributed by atoms with Gasteiger partial charge in [0.1, 0.15) is 17.9 Å². The van der Waals surface area contributed by atoms with Gasteiger partial charge in [-0.15, -0.1) is 0 Å². The van der Waals surface area contributed by atoms with Gasteiger partial charge in [-0.25, -0.2) is 4.98 Å². The van der Waals surface area contributed by atoms with Gasteiger partial charge < -0.3 is 4.90 Å². The summed E-state index contributed by atoms with van der Waals surface area (Å²) in [7, 11) is 0. The molecule has 1 aliphatic rings. The van der Waals surface area contributed by atoms with Crippen LogP contribution in [0.15, 0.2) is 33.7 Å². The Bertz CT molecular complexity index is 647. The van der Waals surface area contributed by atoms with E-state index in [4.69, 9.17) is 0 Å². The molecular weight excluding hydrogens is 306 g/mol. The molecule has 5 heteroatoms. The van der Waals surface area contributed by atoms with Crippen LogP contribution in [0.3, 0.4) is 0 Å². The lowest BCUT2D eigenvalue weighted by Gasteiger charge is -2.23. The molecule has 2 aromatic heterocycles. The van der Waals surface area contributed by atoms with E-state index in [2.05, 4.69) is 20.9 Å². The van der Waals surface area contributed by atoms with Crippen LogP contribution in [0.5, 0.6) is 0 Å². The molecule has 1 N–H and O–H groups in total. The van der Waals surface area contributed by atoms with Crippen molar-refractivity contribution in [2.24, 2.45) is 0 Å². The SMILES string of the molecule is O=c1cc(C[NH+]2CCCCC2)nc2ccc(Br)cn12. The molecule has 100 valence electrons. The second kappa shape index (κ2) is 5.43. The van der Waals surface area contributed by atoms with E-state index in [0.717, 1.165) is 22.4 Å². The van der Waals surface area contributed by atoms with Gasteiger partial charge in [0, 0.05) is 16.7 Å². The topological polar surface area (TPSA) is 38.8 Å². The van der Waals surface area contributed by atoms with E-state index >= 15 is 0 Å². The molecule has 0 aliphatic carbocycles. The maximum Gasteiger partial charge on any atom is 0.258 e. The zero-order chi connectivity index (χ0) is 13.2. The van der Waals surface area contributed by atoms with Crippen LogP contribution >= 0.6 is 15.9 Å². The fraction of sp³-hybridized carbons (Fsp3) is 0.429. The molecule has 0 radical (unpaired) electrons. The first-order chi connectivity index (χ1) is 9.22. The van der Waals surface area contributed by atoms with Gasteiger partial charge in [-0.05, 0) is 47.3 Å². The third-order valence-electron chi connectivity index (χ3n) is 3.67. The number of hydrogen-bond acceptors (Lipinski definition) is 2. The van der Waals surface area contributed by atoms with Gasteiger partial charge in [0.25, 0.3) is 5.56 Å². The van der Waals surface area contributed by atoms with E-state index < -0.39 is 0 Å². The summed E-state index contributed by atoms with van der Waals surface area (Å²) in [5.41, 5.74) is 1.63. The maximum absolute atomic E-state index is 12.1. The van der Waals surface area contributed by atoms with Crippen LogP contribution in [-0.2, 0) is 6.54 Å². The monoisotopic (exact) mass is 322 g/mol. The van der Waals surface area contributed by atoms with Gasteiger partial charge in [0.2, 0.25) is 0 Å². The van der Waals surface area contributed by atoms with Crippen LogP contribution in [0.4, 0.5) is 0 Å². The normalized spacial score (nSPS) is 16.9. The van der Waals surface area contributed by atoms with Crippen LogP contribution in [-0.4, -0.2) is 22.5 Å². The maximum atomic E-state index is 12.1. The van der Waals surface area contributed by atoms with E-state index in [0.29, 0.717) is 0 Å². The third-order valence-corrected chi connectivity index (χ3v) is 4.14. The molecule has 0 unspecified atom stereocenters. The van der Waals surface area contributed by atoms with Crippen molar-refractivity contribution in [2.75, 3.05) is 13.1 Å². The summed E-state index contributed by atoms with van der Waals surface area (Å²) in [5, 5.41) is 0. The molecule has 3 rings (SSSR count). The Morgan fingerprint density at radius 1 is 1.26 bits per heavy atom. The zero-order valence-corrected chi connectivity index (χ0v) is 12.3. The second-order valence-corrected chi connectivity index (χ2v) is 6.06. The lowest BCUT2D eigenvalue weighted by atomic mass is 10.1. The van der Waals surface area contributed by atoms with Gasteiger partial charge in [-0.3, -0.25) is 9.20 Å². The molecule has 0 atom stereocenters. The van der Waals surface area contributed by atoms with Gasteiger partial charge in [-0.1, -0.05) is 0 Å². The minimum Gasteiger partial charge on any atom is -0.330 e. The van der Waals surface area contributed by atoms with Gasteiger partial charge >= 0.3 is 0 Å². The first kappa shape index (κ1) is 12.8. The van der Waals surface area contributed by atoms with Crippen molar-refractivity contribution in [3.05, 3.63) is 44.9 Å². The van der Waals surface area contributed by atoms with Crippen LogP contribution in [0.2, 0.25) is 0 Å². The Morgan fingerprint density at radius 2 is 2.05 bits per heavy atom. The number of piperidine rings is 1. The lowest BCUT2D eigenvalue weighted by molar-refractivity contribution is -0.918. The van der Waals surface area contributed by atoms with E-state index in [1.807, 2.05) is 12.1 Å².